The number of carboxylic acids is 1. The average molecular weight is 235 g/mol. The van der Waals surface area contributed by atoms with E-state index in [4.69, 9.17) is 14.4 Å². The molecule has 5 nitrogen and oxygen atoms in total. The van der Waals surface area contributed by atoms with Gasteiger partial charge in [0.15, 0.2) is 0 Å². The van der Waals surface area contributed by atoms with Crippen LogP contribution in [-0.4, -0.2) is 36.4 Å². The van der Waals surface area contributed by atoms with Crippen LogP contribution in [0, 0.1) is 5.41 Å². The molecule has 1 fully saturated rings. The molecule has 1 saturated heterocycles. The Kier molecular flexibility index (Phi) is 3.17. The van der Waals surface area contributed by atoms with Crippen molar-refractivity contribution in [2.75, 3.05) is 13.2 Å². The standard InChI is InChI=1S/C11H14BNO4/c1-11(2)6-16-12(17-7-11)9-3-8(10(14)15)4-13-5-9/h3-5H,6-7H2,1-2H3,(H,14,15). The quantitative estimate of drug-likeness (QED) is 0.758. The van der Waals surface area contributed by atoms with E-state index in [-0.39, 0.29) is 11.0 Å². The number of aromatic carboxylic acids is 1. The summed E-state index contributed by atoms with van der Waals surface area (Å²) in [7, 11) is -0.519. The molecule has 17 heavy (non-hydrogen) atoms. The molecule has 1 aliphatic rings. The van der Waals surface area contributed by atoms with Crippen molar-refractivity contribution in [2.24, 2.45) is 5.41 Å². The molecule has 0 spiro atoms. The number of pyridine rings is 1. The first kappa shape index (κ1) is 12.1. The van der Waals surface area contributed by atoms with Gasteiger partial charge in [0.1, 0.15) is 0 Å². The topological polar surface area (TPSA) is 68.7 Å². The molecule has 0 amide bonds. The number of aromatic nitrogens is 1. The van der Waals surface area contributed by atoms with Crippen molar-refractivity contribution in [3.63, 3.8) is 0 Å². The van der Waals surface area contributed by atoms with E-state index < -0.39 is 13.1 Å². The molecule has 0 aliphatic carbocycles. The fraction of sp³-hybridized carbons (Fsp3) is 0.455. The van der Waals surface area contributed by atoms with Gasteiger partial charge in [0, 0.05) is 36.5 Å². The number of rotatable bonds is 2. The minimum atomic E-state index is -1.00. The lowest BCUT2D eigenvalue weighted by atomic mass is 9.76. The second kappa shape index (κ2) is 4.47. The molecule has 0 atom stereocenters. The highest BCUT2D eigenvalue weighted by atomic mass is 16.6. The van der Waals surface area contributed by atoms with E-state index in [2.05, 4.69) is 18.8 Å². The molecule has 1 aliphatic heterocycles. The number of carbonyl (C=O) groups is 1. The average Bonchev–Trinajstić information content (AvgIpc) is 2.29. The molecule has 2 rings (SSSR count). The Morgan fingerprint density at radius 1 is 1.41 bits per heavy atom. The van der Waals surface area contributed by atoms with Gasteiger partial charge in [-0.3, -0.25) is 4.98 Å². The van der Waals surface area contributed by atoms with E-state index in [0.29, 0.717) is 18.7 Å². The lowest BCUT2D eigenvalue weighted by molar-refractivity contribution is 0.0343. The normalized spacial score (nSPS) is 19.1. The second-order valence-electron chi connectivity index (χ2n) is 4.93. The summed E-state index contributed by atoms with van der Waals surface area (Å²) in [6, 6.07) is 1.53. The zero-order valence-corrected chi connectivity index (χ0v) is 9.84. The van der Waals surface area contributed by atoms with E-state index >= 15 is 0 Å². The second-order valence-corrected chi connectivity index (χ2v) is 4.93. The number of carboxylic acid groups (broad SMARTS) is 1. The van der Waals surface area contributed by atoms with Crippen molar-refractivity contribution in [1.82, 2.24) is 4.98 Å². The summed E-state index contributed by atoms with van der Waals surface area (Å²) >= 11 is 0. The Hall–Kier alpha value is -1.40. The van der Waals surface area contributed by atoms with Gasteiger partial charge in [-0.15, -0.1) is 0 Å². The first-order chi connectivity index (χ1) is 7.98. The molecule has 0 unspecified atom stereocenters. The third kappa shape index (κ3) is 2.84. The first-order valence-electron chi connectivity index (χ1n) is 5.39. The molecule has 0 bridgehead atoms. The molecule has 0 saturated carbocycles. The molecule has 1 aromatic heterocycles. The molecular formula is C11H14BNO4. The predicted octanol–water partition coefficient (Wildman–Crippen LogP) is 0.548. The minimum Gasteiger partial charge on any atom is -0.478 e. The third-order valence-electron chi connectivity index (χ3n) is 2.53. The van der Waals surface area contributed by atoms with Crippen LogP contribution in [0.4, 0.5) is 0 Å². The van der Waals surface area contributed by atoms with Gasteiger partial charge in [-0.05, 0) is 6.07 Å². The lowest BCUT2D eigenvalue weighted by Gasteiger charge is -2.33. The number of nitrogens with zero attached hydrogens (tertiary/aromatic N) is 1. The fourth-order valence-electron chi connectivity index (χ4n) is 1.59. The Bertz CT molecular complexity index is 425. The fourth-order valence-corrected chi connectivity index (χ4v) is 1.59. The van der Waals surface area contributed by atoms with E-state index in [1.807, 2.05) is 0 Å². The van der Waals surface area contributed by atoms with Crippen LogP contribution < -0.4 is 5.46 Å². The Balaban J connectivity index is 2.13. The van der Waals surface area contributed by atoms with Gasteiger partial charge in [-0.25, -0.2) is 4.79 Å². The van der Waals surface area contributed by atoms with Crippen LogP contribution in [0.15, 0.2) is 18.5 Å². The Morgan fingerprint density at radius 3 is 2.65 bits per heavy atom. The predicted molar refractivity (Wildman–Crippen MR) is 62.3 cm³/mol. The van der Waals surface area contributed by atoms with Gasteiger partial charge in [0.25, 0.3) is 0 Å². The smallest absolute Gasteiger partial charge is 0.478 e. The highest BCUT2D eigenvalue weighted by molar-refractivity contribution is 6.61. The van der Waals surface area contributed by atoms with Gasteiger partial charge in [0.2, 0.25) is 0 Å². The summed E-state index contributed by atoms with van der Waals surface area (Å²) in [5.41, 5.74) is 0.772. The van der Waals surface area contributed by atoms with Crippen molar-refractivity contribution in [2.45, 2.75) is 13.8 Å². The molecule has 2 heterocycles. The van der Waals surface area contributed by atoms with Crippen molar-refractivity contribution in [3.8, 4) is 0 Å². The summed E-state index contributed by atoms with van der Waals surface area (Å²) in [5, 5.41) is 8.87. The number of hydrogen-bond acceptors (Lipinski definition) is 4. The monoisotopic (exact) mass is 235 g/mol. The molecular weight excluding hydrogens is 221 g/mol. The zero-order valence-electron chi connectivity index (χ0n) is 9.84. The maximum atomic E-state index is 10.8. The van der Waals surface area contributed by atoms with Crippen LogP contribution in [0.1, 0.15) is 24.2 Å². The SMILES string of the molecule is CC1(C)COB(c2cncc(C(=O)O)c2)OC1. The summed E-state index contributed by atoms with van der Waals surface area (Å²) in [5.74, 6) is -1.00. The van der Waals surface area contributed by atoms with Crippen LogP contribution in [-0.2, 0) is 9.31 Å². The Labute approximate surface area is 99.9 Å². The summed E-state index contributed by atoms with van der Waals surface area (Å²) in [6.07, 6.45) is 2.87. The molecule has 0 radical (unpaired) electrons. The van der Waals surface area contributed by atoms with E-state index in [9.17, 15) is 4.79 Å². The van der Waals surface area contributed by atoms with Crippen molar-refractivity contribution >= 4 is 18.6 Å². The molecule has 1 aromatic rings. The maximum Gasteiger partial charge on any atom is 0.495 e. The summed E-state index contributed by atoms with van der Waals surface area (Å²) in [4.78, 5) is 14.7. The van der Waals surface area contributed by atoms with Crippen LogP contribution in [0.25, 0.3) is 0 Å². The Morgan fingerprint density at radius 2 is 2.06 bits per heavy atom. The van der Waals surface area contributed by atoms with E-state index in [0.717, 1.165) is 0 Å². The first-order valence-corrected chi connectivity index (χ1v) is 5.39. The zero-order chi connectivity index (χ0) is 12.5. The van der Waals surface area contributed by atoms with Gasteiger partial charge in [-0.1, -0.05) is 13.8 Å². The van der Waals surface area contributed by atoms with Gasteiger partial charge >= 0.3 is 13.1 Å². The molecule has 90 valence electrons. The lowest BCUT2D eigenvalue weighted by Crippen LogP contribution is -2.47. The third-order valence-corrected chi connectivity index (χ3v) is 2.53. The van der Waals surface area contributed by atoms with Crippen molar-refractivity contribution in [1.29, 1.82) is 0 Å². The molecule has 1 N–H and O–H groups in total. The largest absolute Gasteiger partial charge is 0.495 e. The highest BCUT2D eigenvalue weighted by Gasteiger charge is 2.33. The summed E-state index contributed by atoms with van der Waals surface area (Å²) in [6.45, 7) is 5.26. The van der Waals surface area contributed by atoms with Crippen molar-refractivity contribution < 1.29 is 19.2 Å². The van der Waals surface area contributed by atoms with Gasteiger partial charge in [-0.2, -0.15) is 0 Å². The molecule has 6 heteroatoms. The highest BCUT2D eigenvalue weighted by Crippen LogP contribution is 2.21. The maximum absolute atomic E-state index is 10.8. The van der Waals surface area contributed by atoms with Crippen LogP contribution in [0.2, 0.25) is 0 Å². The summed E-state index contributed by atoms with van der Waals surface area (Å²) < 4.78 is 11.1. The van der Waals surface area contributed by atoms with E-state index in [1.165, 1.54) is 12.3 Å². The molecule has 0 aromatic carbocycles. The minimum absolute atomic E-state index is 0.00562. The number of hydrogen-bond donors (Lipinski definition) is 1. The van der Waals surface area contributed by atoms with Crippen molar-refractivity contribution in [3.05, 3.63) is 24.0 Å². The van der Waals surface area contributed by atoms with Crippen LogP contribution in [0.5, 0.6) is 0 Å². The van der Waals surface area contributed by atoms with Crippen LogP contribution >= 0.6 is 0 Å². The van der Waals surface area contributed by atoms with E-state index in [1.54, 1.807) is 6.20 Å². The van der Waals surface area contributed by atoms with Gasteiger partial charge < -0.3 is 14.4 Å². The van der Waals surface area contributed by atoms with Gasteiger partial charge in [0.05, 0.1) is 5.56 Å². The van der Waals surface area contributed by atoms with Crippen LogP contribution in [0.3, 0.4) is 0 Å².